The Hall–Kier alpha value is -1.02. The standard InChI is InChI=1S/C15H22ClNO/c16-13-9-4-2-1-3-8-12-15(18)17-14-10-6-5-7-11-14/h5-7,10-11H,1-4,8-9,12-13H2,(H,17,18). The van der Waals surface area contributed by atoms with Crippen molar-refractivity contribution in [3.8, 4) is 0 Å². The van der Waals surface area contributed by atoms with E-state index < -0.39 is 0 Å². The summed E-state index contributed by atoms with van der Waals surface area (Å²) < 4.78 is 0. The summed E-state index contributed by atoms with van der Waals surface area (Å²) in [5.74, 6) is 0.876. The summed E-state index contributed by atoms with van der Waals surface area (Å²) in [6.07, 6.45) is 7.47. The molecule has 1 aromatic rings. The summed E-state index contributed by atoms with van der Waals surface area (Å²) in [7, 11) is 0. The van der Waals surface area contributed by atoms with Gasteiger partial charge in [-0.15, -0.1) is 11.6 Å². The van der Waals surface area contributed by atoms with Gasteiger partial charge in [-0.2, -0.15) is 0 Å². The van der Waals surface area contributed by atoms with Crippen LogP contribution in [0.15, 0.2) is 30.3 Å². The van der Waals surface area contributed by atoms with Crippen LogP contribution in [0.4, 0.5) is 5.69 Å². The van der Waals surface area contributed by atoms with E-state index in [4.69, 9.17) is 11.6 Å². The maximum Gasteiger partial charge on any atom is 0.224 e. The quantitative estimate of drug-likeness (QED) is 0.514. The van der Waals surface area contributed by atoms with Gasteiger partial charge in [-0.1, -0.05) is 43.9 Å². The third kappa shape index (κ3) is 7.33. The molecule has 0 heterocycles. The molecule has 1 rings (SSSR count). The Morgan fingerprint density at radius 1 is 0.944 bits per heavy atom. The van der Waals surface area contributed by atoms with Gasteiger partial charge in [0, 0.05) is 18.0 Å². The Bertz CT molecular complexity index is 327. The monoisotopic (exact) mass is 267 g/mol. The normalized spacial score (nSPS) is 10.3. The number of hydrogen-bond acceptors (Lipinski definition) is 1. The van der Waals surface area contributed by atoms with E-state index >= 15 is 0 Å². The SMILES string of the molecule is O=C(CCCCCCCCCl)Nc1ccccc1. The van der Waals surface area contributed by atoms with Crippen LogP contribution in [-0.4, -0.2) is 11.8 Å². The molecule has 2 nitrogen and oxygen atoms in total. The maximum atomic E-state index is 11.6. The molecule has 0 saturated heterocycles. The molecule has 18 heavy (non-hydrogen) atoms. The molecule has 0 atom stereocenters. The van der Waals surface area contributed by atoms with Crippen LogP contribution in [0.2, 0.25) is 0 Å². The molecule has 1 amide bonds. The van der Waals surface area contributed by atoms with Gasteiger partial charge in [0.15, 0.2) is 0 Å². The molecular formula is C15H22ClNO. The Balaban J connectivity index is 2.00. The van der Waals surface area contributed by atoms with Crippen molar-refractivity contribution in [2.45, 2.75) is 44.9 Å². The lowest BCUT2D eigenvalue weighted by Gasteiger charge is -2.04. The molecule has 0 aliphatic carbocycles. The van der Waals surface area contributed by atoms with Crippen molar-refractivity contribution in [3.05, 3.63) is 30.3 Å². The van der Waals surface area contributed by atoms with Gasteiger partial charge in [0.1, 0.15) is 0 Å². The van der Waals surface area contributed by atoms with Gasteiger partial charge in [-0.05, 0) is 25.0 Å². The van der Waals surface area contributed by atoms with E-state index in [-0.39, 0.29) is 5.91 Å². The summed E-state index contributed by atoms with van der Waals surface area (Å²) in [6.45, 7) is 0. The summed E-state index contributed by atoms with van der Waals surface area (Å²) in [6, 6.07) is 9.60. The van der Waals surface area contributed by atoms with Crippen molar-refractivity contribution in [2.24, 2.45) is 0 Å². The van der Waals surface area contributed by atoms with E-state index in [1.807, 2.05) is 30.3 Å². The van der Waals surface area contributed by atoms with Crippen molar-refractivity contribution in [1.29, 1.82) is 0 Å². The van der Waals surface area contributed by atoms with Crippen LogP contribution in [0.1, 0.15) is 44.9 Å². The minimum absolute atomic E-state index is 0.113. The predicted molar refractivity (Wildman–Crippen MR) is 78.1 cm³/mol. The molecule has 0 aromatic heterocycles. The second kappa shape index (κ2) is 9.95. The molecule has 1 aromatic carbocycles. The maximum absolute atomic E-state index is 11.6. The largest absolute Gasteiger partial charge is 0.326 e. The zero-order valence-corrected chi connectivity index (χ0v) is 11.6. The number of para-hydroxylation sites is 1. The van der Waals surface area contributed by atoms with Crippen LogP contribution in [0, 0.1) is 0 Å². The first kappa shape index (κ1) is 15.0. The van der Waals surface area contributed by atoms with Gasteiger partial charge in [-0.3, -0.25) is 4.79 Å². The van der Waals surface area contributed by atoms with Gasteiger partial charge in [-0.25, -0.2) is 0 Å². The van der Waals surface area contributed by atoms with E-state index in [2.05, 4.69) is 5.32 Å². The van der Waals surface area contributed by atoms with Crippen molar-refractivity contribution < 1.29 is 4.79 Å². The van der Waals surface area contributed by atoms with E-state index in [0.29, 0.717) is 6.42 Å². The first-order chi connectivity index (χ1) is 8.83. The molecule has 100 valence electrons. The van der Waals surface area contributed by atoms with E-state index in [1.165, 1.54) is 19.3 Å². The Morgan fingerprint density at radius 2 is 1.56 bits per heavy atom. The fourth-order valence-corrected chi connectivity index (χ4v) is 2.02. The number of anilines is 1. The third-order valence-corrected chi connectivity index (χ3v) is 3.11. The molecule has 3 heteroatoms. The van der Waals surface area contributed by atoms with Gasteiger partial charge in [0.2, 0.25) is 5.91 Å². The van der Waals surface area contributed by atoms with Crippen LogP contribution >= 0.6 is 11.6 Å². The van der Waals surface area contributed by atoms with Crippen LogP contribution in [0.5, 0.6) is 0 Å². The van der Waals surface area contributed by atoms with E-state index in [9.17, 15) is 4.79 Å². The molecule has 0 radical (unpaired) electrons. The van der Waals surface area contributed by atoms with Gasteiger partial charge in [0.05, 0.1) is 0 Å². The highest BCUT2D eigenvalue weighted by atomic mass is 35.5. The van der Waals surface area contributed by atoms with E-state index in [0.717, 1.165) is 30.8 Å². The smallest absolute Gasteiger partial charge is 0.224 e. The van der Waals surface area contributed by atoms with Gasteiger partial charge >= 0.3 is 0 Å². The van der Waals surface area contributed by atoms with Crippen molar-refractivity contribution in [1.82, 2.24) is 0 Å². The van der Waals surface area contributed by atoms with E-state index in [1.54, 1.807) is 0 Å². The number of carbonyl (C=O) groups excluding carboxylic acids is 1. The average Bonchev–Trinajstić information content (AvgIpc) is 2.39. The van der Waals surface area contributed by atoms with Gasteiger partial charge < -0.3 is 5.32 Å². The molecule has 0 unspecified atom stereocenters. The number of amides is 1. The van der Waals surface area contributed by atoms with Crippen LogP contribution in [0.3, 0.4) is 0 Å². The van der Waals surface area contributed by atoms with Crippen LogP contribution < -0.4 is 5.32 Å². The molecule has 0 fully saturated rings. The lowest BCUT2D eigenvalue weighted by Crippen LogP contribution is -2.10. The summed E-state index contributed by atoms with van der Waals surface area (Å²) in [5.41, 5.74) is 0.879. The topological polar surface area (TPSA) is 29.1 Å². The Morgan fingerprint density at radius 3 is 2.22 bits per heavy atom. The first-order valence-electron chi connectivity index (χ1n) is 6.74. The van der Waals surface area contributed by atoms with Gasteiger partial charge in [0.25, 0.3) is 0 Å². The molecule has 0 spiro atoms. The zero-order chi connectivity index (χ0) is 13.1. The summed E-state index contributed by atoms with van der Waals surface area (Å²) >= 11 is 5.61. The number of halogens is 1. The number of rotatable bonds is 9. The lowest BCUT2D eigenvalue weighted by molar-refractivity contribution is -0.116. The number of alkyl halides is 1. The van der Waals surface area contributed by atoms with Crippen LogP contribution in [-0.2, 0) is 4.79 Å². The predicted octanol–water partition coefficient (Wildman–Crippen LogP) is 4.59. The fourth-order valence-electron chi connectivity index (χ4n) is 1.83. The number of hydrogen-bond donors (Lipinski definition) is 1. The molecule has 0 aliphatic heterocycles. The molecule has 0 saturated carbocycles. The Kier molecular flexibility index (Phi) is 8.32. The summed E-state index contributed by atoms with van der Waals surface area (Å²) in [5, 5.41) is 2.90. The van der Waals surface area contributed by atoms with Crippen LogP contribution in [0.25, 0.3) is 0 Å². The third-order valence-electron chi connectivity index (χ3n) is 2.85. The highest BCUT2D eigenvalue weighted by Crippen LogP contribution is 2.10. The van der Waals surface area contributed by atoms with Crippen molar-refractivity contribution in [2.75, 3.05) is 11.2 Å². The second-order valence-electron chi connectivity index (χ2n) is 4.47. The molecule has 0 aliphatic rings. The Labute approximate surface area is 115 Å². The minimum atomic E-state index is 0.113. The number of nitrogens with one attached hydrogen (secondary N) is 1. The average molecular weight is 268 g/mol. The number of unbranched alkanes of at least 4 members (excludes halogenated alkanes) is 5. The van der Waals surface area contributed by atoms with Crippen molar-refractivity contribution in [3.63, 3.8) is 0 Å². The molecule has 0 bridgehead atoms. The molecular weight excluding hydrogens is 246 g/mol. The highest BCUT2D eigenvalue weighted by molar-refractivity contribution is 6.17. The zero-order valence-electron chi connectivity index (χ0n) is 10.8. The second-order valence-corrected chi connectivity index (χ2v) is 4.85. The lowest BCUT2D eigenvalue weighted by atomic mass is 10.1. The summed E-state index contributed by atoms with van der Waals surface area (Å²) in [4.78, 5) is 11.6. The van der Waals surface area contributed by atoms with Crippen molar-refractivity contribution >= 4 is 23.2 Å². The minimum Gasteiger partial charge on any atom is -0.326 e. The number of carbonyl (C=O) groups is 1. The first-order valence-corrected chi connectivity index (χ1v) is 7.27. The highest BCUT2D eigenvalue weighted by Gasteiger charge is 2.01. The fraction of sp³-hybridized carbons (Fsp3) is 0.533. The molecule has 1 N–H and O–H groups in total. The number of benzene rings is 1.